The second kappa shape index (κ2) is 12.2. The molecule has 1 fully saturated rings. The van der Waals surface area contributed by atoms with E-state index in [0.717, 1.165) is 55.9 Å². The first-order valence-electron chi connectivity index (χ1n) is 10.9. The van der Waals surface area contributed by atoms with Crippen molar-refractivity contribution in [3.8, 4) is 11.5 Å². The highest BCUT2D eigenvalue weighted by atomic mass is 16.5. The normalized spacial score (nSPS) is 15.9. The molecule has 2 aromatic rings. The van der Waals surface area contributed by atoms with Crippen LogP contribution in [0.2, 0.25) is 0 Å². The monoisotopic (exact) mass is 426 g/mol. The highest BCUT2D eigenvalue weighted by Gasteiger charge is 2.23. The largest absolute Gasteiger partial charge is 0.497 e. The zero-order chi connectivity index (χ0) is 21.9. The van der Waals surface area contributed by atoms with Gasteiger partial charge in [-0.3, -0.25) is 9.89 Å². The first-order valence-corrected chi connectivity index (χ1v) is 10.9. The zero-order valence-electron chi connectivity index (χ0n) is 18.8. The van der Waals surface area contributed by atoms with Crippen LogP contribution >= 0.6 is 0 Å². The van der Waals surface area contributed by atoms with Gasteiger partial charge in [0.1, 0.15) is 11.5 Å². The van der Waals surface area contributed by atoms with Crippen LogP contribution in [0, 0.1) is 0 Å². The molecule has 1 unspecified atom stereocenters. The van der Waals surface area contributed by atoms with Crippen molar-refractivity contribution >= 4 is 5.96 Å². The van der Waals surface area contributed by atoms with Gasteiger partial charge in [0.25, 0.3) is 0 Å². The van der Waals surface area contributed by atoms with E-state index in [2.05, 4.69) is 38.7 Å². The van der Waals surface area contributed by atoms with E-state index in [1.807, 2.05) is 37.3 Å². The molecule has 0 aromatic heterocycles. The summed E-state index contributed by atoms with van der Waals surface area (Å²) in [6, 6.07) is 16.6. The number of hydrogen-bond acceptors (Lipinski definition) is 5. The molecule has 3 rings (SSSR count). The number of nitrogens with zero attached hydrogens (tertiary/aromatic N) is 2. The van der Waals surface area contributed by atoms with E-state index < -0.39 is 0 Å². The molecule has 0 saturated carbocycles. The molecule has 0 radical (unpaired) electrons. The molecular weight excluding hydrogens is 392 g/mol. The van der Waals surface area contributed by atoms with Crippen LogP contribution in [-0.2, 0) is 11.3 Å². The molecular formula is C24H34N4O3. The minimum absolute atomic E-state index is 0.212. The van der Waals surface area contributed by atoms with Crippen LogP contribution in [0.5, 0.6) is 11.5 Å². The molecule has 1 atom stereocenters. The van der Waals surface area contributed by atoms with Gasteiger partial charge >= 0.3 is 0 Å². The summed E-state index contributed by atoms with van der Waals surface area (Å²) in [6.07, 6.45) is 0. The van der Waals surface area contributed by atoms with Crippen molar-refractivity contribution < 1.29 is 14.2 Å². The number of aliphatic imine (C=N–C) groups is 1. The Labute approximate surface area is 185 Å². The van der Waals surface area contributed by atoms with Gasteiger partial charge in [0, 0.05) is 38.8 Å². The average molecular weight is 427 g/mol. The van der Waals surface area contributed by atoms with E-state index in [1.54, 1.807) is 14.2 Å². The third kappa shape index (κ3) is 6.60. The van der Waals surface area contributed by atoms with Crippen LogP contribution < -0.4 is 20.1 Å². The maximum absolute atomic E-state index is 5.73. The molecule has 0 bridgehead atoms. The van der Waals surface area contributed by atoms with Crippen LogP contribution in [-0.4, -0.2) is 64.5 Å². The third-order valence-corrected chi connectivity index (χ3v) is 5.39. The fraction of sp³-hybridized carbons (Fsp3) is 0.458. The predicted molar refractivity (Wildman–Crippen MR) is 124 cm³/mol. The Morgan fingerprint density at radius 3 is 2.52 bits per heavy atom. The fourth-order valence-corrected chi connectivity index (χ4v) is 3.71. The summed E-state index contributed by atoms with van der Waals surface area (Å²) in [4.78, 5) is 6.86. The SMILES string of the molecule is CCOc1ccccc1CNC(=NC)NCC(c1ccc(OC)cc1)N1CCOCC1. The summed E-state index contributed by atoms with van der Waals surface area (Å²) in [7, 11) is 3.48. The molecule has 0 amide bonds. The Morgan fingerprint density at radius 2 is 1.84 bits per heavy atom. The van der Waals surface area contributed by atoms with Crippen molar-refractivity contribution in [2.75, 3.05) is 53.6 Å². The second-order valence-electron chi connectivity index (χ2n) is 7.28. The van der Waals surface area contributed by atoms with E-state index in [0.29, 0.717) is 13.2 Å². The number of rotatable bonds is 9. The van der Waals surface area contributed by atoms with Gasteiger partial charge in [-0.2, -0.15) is 0 Å². The minimum atomic E-state index is 0.212. The summed E-state index contributed by atoms with van der Waals surface area (Å²) in [5.74, 6) is 2.53. The molecule has 1 saturated heterocycles. The Morgan fingerprint density at radius 1 is 1.10 bits per heavy atom. The van der Waals surface area contributed by atoms with Gasteiger partial charge in [-0.05, 0) is 30.7 Å². The number of ether oxygens (including phenoxy) is 3. The lowest BCUT2D eigenvalue weighted by Crippen LogP contribution is -2.46. The number of para-hydroxylation sites is 1. The summed E-state index contributed by atoms with van der Waals surface area (Å²) in [5.41, 5.74) is 2.35. The summed E-state index contributed by atoms with van der Waals surface area (Å²) < 4.78 is 16.6. The van der Waals surface area contributed by atoms with Gasteiger partial charge in [0.05, 0.1) is 33.0 Å². The number of benzene rings is 2. The molecule has 2 aromatic carbocycles. The molecule has 1 aliphatic rings. The van der Waals surface area contributed by atoms with Gasteiger partial charge in [0.15, 0.2) is 5.96 Å². The van der Waals surface area contributed by atoms with Gasteiger partial charge in [-0.15, -0.1) is 0 Å². The molecule has 0 aliphatic carbocycles. The van der Waals surface area contributed by atoms with Gasteiger partial charge in [-0.25, -0.2) is 0 Å². The lowest BCUT2D eigenvalue weighted by Gasteiger charge is -2.35. The topological polar surface area (TPSA) is 67.3 Å². The van der Waals surface area contributed by atoms with Crippen LogP contribution in [0.4, 0.5) is 0 Å². The van der Waals surface area contributed by atoms with Crippen molar-refractivity contribution in [1.82, 2.24) is 15.5 Å². The van der Waals surface area contributed by atoms with Crippen LogP contribution in [0.15, 0.2) is 53.5 Å². The average Bonchev–Trinajstić information content (AvgIpc) is 2.83. The summed E-state index contributed by atoms with van der Waals surface area (Å²) >= 11 is 0. The zero-order valence-corrected chi connectivity index (χ0v) is 18.8. The highest BCUT2D eigenvalue weighted by Crippen LogP contribution is 2.24. The Bertz CT molecular complexity index is 820. The van der Waals surface area contributed by atoms with E-state index in [4.69, 9.17) is 14.2 Å². The Balaban J connectivity index is 1.64. The lowest BCUT2D eigenvalue weighted by molar-refractivity contribution is 0.0170. The first kappa shape index (κ1) is 22.9. The standard InChI is InChI=1S/C24H34N4O3/c1-4-31-23-8-6-5-7-20(23)17-26-24(25-2)27-18-22(28-13-15-30-16-14-28)19-9-11-21(29-3)12-10-19/h5-12,22H,4,13-18H2,1-3H3,(H2,25,26,27). The summed E-state index contributed by atoms with van der Waals surface area (Å²) in [6.45, 7) is 7.35. The third-order valence-electron chi connectivity index (χ3n) is 5.39. The van der Waals surface area contributed by atoms with E-state index in [9.17, 15) is 0 Å². The minimum Gasteiger partial charge on any atom is -0.497 e. The number of morpholine rings is 1. The van der Waals surface area contributed by atoms with Crippen LogP contribution in [0.1, 0.15) is 24.1 Å². The number of methoxy groups -OCH3 is 1. The van der Waals surface area contributed by atoms with Crippen molar-refractivity contribution in [2.45, 2.75) is 19.5 Å². The molecule has 31 heavy (non-hydrogen) atoms. The van der Waals surface area contributed by atoms with Crippen molar-refractivity contribution in [3.05, 3.63) is 59.7 Å². The van der Waals surface area contributed by atoms with E-state index in [1.165, 1.54) is 5.56 Å². The maximum Gasteiger partial charge on any atom is 0.191 e. The Hall–Kier alpha value is -2.77. The number of guanidine groups is 1. The maximum atomic E-state index is 5.73. The number of hydrogen-bond donors (Lipinski definition) is 2. The molecule has 168 valence electrons. The van der Waals surface area contributed by atoms with Crippen molar-refractivity contribution in [2.24, 2.45) is 4.99 Å². The summed E-state index contributed by atoms with van der Waals surface area (Å²) in [5, 5.41) is 6.91. The van der Waals surface area contributed by atoms with E-state index in [-0.39, 0.29) is 6.04 Å². The smallest absolute Gasteiger partial charge is 0.191 e. The number of nitrogens with one attached hydrogen (secondary N) is 2. The second-order valence-corrected chi connectivity index (χ2v) is 7.28. The van der Waals surface area contributed by atoms with Gasteiger partial charge in [0.2, 0.25) is 0 Å². The van der Waals surface area contributed by atoms with Gasteiger partial charge in [-0.1, -0.05) is 30.3 Å². The predicted octanol–water partition coefficient (Wildman–Crippen LogP) is 2.83. The van der Waals surface area contributed by atoms with Gasteiger partial charge < -0.3 is 24.8 Å². The molecule has 7 heteroatoms. The van der Waals surface area contributed by atoms with Crippen molar-refractivity contribution in [3.63, 3.8) is 0 Å². The Kier molecular flexibility index (Phi) is 8.99. The van der Waals surface area contributed by atoms with Crippen LogP contribution in [0.25, 0.3) is 0 Å². The van der Waals surface area contributed by atoms with E-state index >= 15 is 0 Å². The van der Waals surface area contributed by atoms with Crippen LogP contribution in [0.3, 0.4) is 0 Å². The van der Waals surface area contributed by atoms with Crippen molar-refractivity contribution in [1.29, 1.82) is 0 Å². The molecule has 1 heterocycles. The highest BCUT2D eigenvalue weighted by molar-refractivity contribution is 5.79. The lowest BCUT2D eigenvalue weighted by atomic mass is 10.0. The molecule has 7 nitrogen and oxygen atoms in total. The molecule has 2 N–H and O–H groups in total. The first-order chi connectivity index (χ1) is 15.2. The quantitative estimate of drug-likeness (QED) is 0.475. The molecule has 0 spiro atoms. The fourth-order valence-electron chi connectivity index (χ4n) is 3.71. The molecule has 1 aliphatic heterocycles.